The second kappa shape index (κ2) is 6.89. The molecule has 0 fully saturated rings. The Hall–Kier alpha value is -0.570. The molecular formula is C13H20ClNO. The van der Waals surface area contributed by atoms with Gasteiger partial charge < -0.3 is 4.84 Å². The molecule has 0 radical (unpaired) electrons. The van der Waals surface area contributed by atoms with Crippen LogP contribution in [0.2, 0.25) is 5.02 Å². The minimum Gasteiger partial charge on any atom is -0.304 e. The molecule has 1 aromatic rings. The normalized spacial score (nSPS) is 11.1. The van der Waals surface area contributed by atoms with E-state index in [1.165, 1.54) is 11.1 Å². The highest BCUT2D eigenvalue weighted by molar-refractivity contribution is 6.31. The van der Waals surface area contributed by atoms with Gasteiger partial charge >= 0.3 is 0 Å². The van der Waals surface area contributed by atoms with E-state index in [4.69, 9.17) is 17.5 Å². The number of hydrogen-bond acceptors (Lipinski definition) is 2. The Balaban J connectivity index is 2.82. The lowest BCUT2D eigenvalue weighted by Gasteiger charge is -2.15. The topological polar surface area (TPSA) is 35.2 Å². The van der Waals surface area contributed by atoms with Gasteiger partial charge in [0.05, 0.1) is 6.61 Å². The fourth-order valence-corrected chi connectivity index (χ4v) is 2.32. The molecule has 2 nitrogen and oxygen atoms in total. The van der Waals surface area contributed by atoms with Crippen LogP contribution in [0, 0.1) is 0 Å². The Morgan fingerprint density at radius 3 is 2.50 bits per heavy atom. The summed E-state index contributed by atoms with van der Waals surface area (Å²) in [5, 5.41) is 0.864. The highest BCUT2D eigenvalue weighted by Crippen LogP contribution is 2.30. The average Bonchev–Trinajstić information content (AvgIpc) is 2.30. The molecule has 0 atom stereocenters. The maximum atomic E-state index is 6.29. The van der Waals surface area contributed by atoms with Crippen molar-refractivity contribution in [3.8, 4) is 0 Å². The third-order valence-electron chi connectivity index (χ3n) is 3.00. The van der Waals surface area contributed by atoms with Crippen LogP contribution in [0.15, 0.2) is 18.2 Å². The van der Waals surface area contributed by atoms with Gasteiger partial charge in [-0.25, -0.2) is 5.90 Å². The summed E-state index contributed by atoms with van der Waals surface area (Å²) in [4.78, 5) is 4.56. The summed E-state index contributed by atoms with van der Waals surface area (Å²) in [6, 6.07) is 6.26. The molecule has 3 heteroatoms. The van der Waals surface area contributed by atoms with E-state index in [0.717, 1.165) is 24.3 Å². The molecular weight excluding hydrogens is 222 g/mol. The largest absolute Gasteiger partial charge is 0.304 e. The van der Waals surface area contributed by atoms with E-state index < -0.39 is 0 Å². The van der Waals surface area contributed by atoms with Gasteiger partial charge in [-0.3, -0.25) is 0 Å². The third-order valence-corrected chi connectivity index (χ3v) is 3.33. The monoisotopic (exact) mass is 241 g/mol. The van der Waals surface area contributed by atoms with Crippen molar-refractivity contribution in [1.29, 1.82) is 0 Å². The zero-order valence-corrected chi connectivity index (χ0v) is 10.8. The zero-order valence-electron chi connectivity index (χ0n) is 10.0. The molecule has 1 rings (SSSR count). The standard InChI is InChI=1S/C13H20ClNO/c1-3-11(4-2)12-6-5-10(7-8-16-15)9-13(12)14/h5-6,9,11H,3-4,7-8,15H2,1-2H3. The van der Waals surface area contributed by atoms with E-state index >= 15 is 0 Å². The van der Waals surface area contributed by atoms with Gasteiger partial charge in [-0.1, -0.05) is 37.6 Å². The fourth-order valence-electron chi connectivity index (χ4n) is 1.96. The molecule has 0 spiro atoms. The van der Waals surface area contributed by atoms with Gasteiger partial charge in [0.1, 0.15) is 0 Å². The Labute approximate surface area is 103 Å². The van der Waals surface area contributed by atoms with Gasteiger partial charge in [0.15, 0.2) is 0 Å². The van der Waals surface area contributed by atoms with Gasteiger partial charge in [0, 0.05) is 5.02 Å². The van der Waals surface area contributed by atoms with Crippen molar-refractivity contribution in [2.45, 2.75) is 39.0 Å². The first kappa shape index (κ1) is 13.5. The minimum atomic E-state index is 0.528. The van der Waals surface area contributed by atoms with E-state index in [0.29, 0.717) is 12.5 Å². The first-order valence-electron chi connectivity index (χ1n) is 5.82. The predicted octanol–water partition coefficient (Wildman–Crippen LogP) is 3.68. The Morgan fingerprint density at radius 1 is 1.31 bits per heavy atom. The van der Waals surface area contributed by atoms with Crippen molar-refractivity contribution in [2.75, 3.05) is 6.61 Å². The number of benzene rings is 1. The van der Waals surface area contributed by atoms with Crippen LogP contribution in [-0.4, -0.2) is 6.61 Å². The summed E-state index contributed by atoms with van der Waals surface area (Å²) in [6.07, 6.45) is 3.06. The molecule has 0 heterocycles. The van der Waals surface area contributed by atoms with Crippen LogP contribution in [0.4, 0.5) is 0 Å². The van der Waals surface area contributed by atoms with Crippen LogP contribution in [0.3, 0.4) is 0 Å². The van der Waals surface area contributed by atoms with Crippen molar-refractivity contribution in [3.63, 3.8) is 0 Å². The van der Waals surface area contributed by atoms with Gasteiger partial charge in [-0.15, -0.1) is 0 Å². The first-order chi connectivity index (χ1) is 7.72. The first-order valence-corrected chi connectivity index (χ1v) is 6.20. The summed E-state index contributed by atoms with van der Waals surface area (Å²) in [5.74, 6) is 5.56. The molecule has 0 aliphatic rings. The van der Waals surface area contributed by atoms with Crippen LogP contribution >= 0.6 is 11.6 Å². The Morgan fingerprint density at radius 2 is 2.00 bits per heavy atom. The maximum Gasteiger partial charge on any atom is 0.0719 e. The van der Waals surface area contributed by atoms with Crippen LogP contribution in [0.5, 0.6) is 0 Å². The SMILES string of the molecule is CCC(CC)c1ccc(CCON)cc1Cl. The lowest BCUT2D eigenvalue weighted by atomic mass is 9.93. The van der Waals surface area contributed by atoms with Crippen LogP contribution < -0.4 is 5.90 Å². The number of nitrogens with two attached hydrogens (primary N) is 1. The van der Waals surface area contributed by atoms with E-state index in [1.807, 2.05) is 6.07 Å². The highest BCUT2D eigenvalue weighted by atomic mass is 35.5. The van der Waals surface area contributed by atoms with E-state index in [1.54, 1.807) is 0 Å². The predicted molar refractivity (Wildman–Crippen MR) is 68.6 cm³/mol. The van der Waals surface area contributed by atoms with E-state index in [2.05, 4.69) is 30.8 Å². The quantitative estimate of drug-likeness (QED) is 0.772. The van der Waals surface area contributed by atoms with Crippen molar-refractivity contribution in [1.82, 2.24) is 0 Å². The molecule has 0 bridgehead atoms. The lowest BCUT2D eigenvalue weighted by Crippen LogP contribution is -2.04. The molecule has 0 aliphatic heterocycles. The van der Waals surface area contributed by atoms with Gasteiger partial charge in [0.2, 0.25) is 0 Å². The van der Waals surface area contributed by atoms with Crippen LogP contribution in [-0.2, 0) is 11.3 Å². The number of hydrogen-bond donors (Lipinski definition) is 1. The second-order valence-corrected chi connectivity index (χ2v) is 4.40. The molecule has 90 valence electrons. The smallest absolute Gasteiger partial charge is 0.0719 e. The highest BCUT2D eigenvalue weighted by Gasteiger charge is 2.11. The summed E-state index contributed by atoms with van der Waals surface area (Å²) in [5.41, 5.74) is 2.43. The molecule has 0 saturated heterocycles. The second-order valence-electron chi connectivity index (χ2n) is 3.99. The van der Waals surface area contributed by atoms with Gasteiger partial charge in [-0.05, 0) is 42.4 Å². The Bertz CT molecular complexity index is 324. The minimum absolute atomic E-state index is 0.528. The van der Waals surface area contributed by atoms with Gasteiger partial charge in [-0.2, -0.15) is 0 Å². The van der Waals surface area contributed by atoms with E-state index in [-0.39, 0.29) is 0 Å². The zero-order chi connectivity index (χ0) is 12.0. The summed E-state index contributed by atoms with van der Waals surface area (Å²) >= 11 is 6.29. The molecule has 0 unspecified atom stereocenters. The van der Waals surface area contributed by atoms with Crippen LogP contribution in [0.1, 0.15) is 43.7 Å². The molecule has 0 saturated carbocycles. The molecule has 1 aromatic carbocycles. The summed E-state index contributed by atoms with van der Waals surface area (Å²) in [7, 11) is 0. The van der Waals surface area contributed by atoms with Crippen molar-refractivity contribution >= 4 is 11.6 Å². The molecule has 16 heavy (non-hydrogen) atoms. The number of rotatable bonds is 6. The van der Waals surface area contributed by atoms with Crippen LogP contribution in [0.25, 0.3) is 0 Å². The van der Waals surface area contributed by atoms with Crippen molar-refractivity contribution in [3.05, 3.63) is 34.3 Å². The molecule has 0 aliphatic carbocycles. The molecule has 2 N–H and O–H groups in total. The molecule has 0 aromatic heterocycles. The molecule has 0 amide bonds. The van der Waals surface area contributed by atoms with Crippen molar-refractivity contribution in [2.24, 2.45) is 5.90 Å². The average molecular weight is 242 g/mol. The maximum absolute atomic E-state index is 6.29. The summed E-state index contributed by atoms with van der Waals surface area (Å²) < 4.78 is 0. The Kier molecular flexibility index (Phi) is 5.81. The van der Waals surface area contributed by atoms with Gasteiger partial charge in [0.25, 0.3) is 0 Å². The van der Waals surface area contributed by atoms with Crippen molar-refractivity contribution < 1.29 is 4.84 Å². The third kappa shape index (κ3) is 3.48. The lowest BCUT2D eigenvalue weighted by molar-refractivity contribution is 0.141. The fraction of sp³-hybridized carbons (Fsp3) is 0.538. The summed E-state index contributed by atoms with van der Waals surface area (Å²) in [6.45, 7) is 4.92. The number of halogens is 1. The van der Waals surface area contributed by atoms with E-state index in [9.17, 15) is 0 Å².